The van der Waals surface area contributed by atoms with Gasteiger partial charge in [0.15, 0.2) is 0 Å². The number of nitriles is 1. The van der Waals surface area contributed by atoms with Crippen LogP contribution in [-0.2, 0) is 0 Å². The SMILES string of the molecule is N#Cc1c(-c2ccccc2)ccc2[nH]cnc12. The Hall–Kier alpha value is -2.60. The van der Waals surface area contributed by atoms with Crippen LogP contribution < -0.4 is 0 Å². The molecule has 0 saturated heterocycles. The molecule has 3 aromatic rings. The standard InChI is InChI=1S/C14H9N3/c15-8-12-11(10-4-2-1-3-5-10)6-7-13-14(12)17-9-16-13/h1-7,9H,(H,16,17). The van der Waals surface area contributed by atoms with Crippen molar-refractivity contribution in [3.05, 3.63) is 54.4 Å². The van der Waals surface area contributed by atoms with Crippen molar-refractivity contribution in [3.63, 3.8) is 0 Å². The first-order chi connectivity index (χ1) is 8.40. The summed E-state index contributed by atoms with van der Waals surface area (Å²) in [6.07, 6.45) is 1.61. The molecule has 0 spiro atoms. The molecule has 0 saturated carbocycles. The fraction of sp³-hybridized carbons (Fsp3) is 0. The second-order valence-corrected chi connectivity index (χ2v) is 3.76. The third-order valence-corrected chi connectivity index (χ3v) is 2.79. The van der Waals surface area contributed by atoms with Crippen LogP contribution in [0.5, 0.6) is 0 Å². The number of imidazole rings is 1. The summed E-state index contributed by atoms with van der Waals surface area (Å²) in [5, 5.41) is 9.29. The van der Waals surface area contributed by atoms with Gasteiger partial charge in [-0.3, -0.25) is 0 Å². The van der Waals surface area contributed by atoms with Crippen molar-refractivity contribution in [2.75, 3.05) is 0 Å². The average Bonchev–Trinajstić information content (AvgIpc) is 2.86. The lowest BCUT2D eigenvalue weighted by molar-refractivity contribution is 1.34. The zero-order chi connectivity index (χ0) is 11.7. The first kappa shape index (κ1) is 9.61. The monoisotopic (exact) mass is 219 g/mol. The number of hydrogen-bond acceptors (Lipinski definition) is 2. The lowest BCUT2D eigenvalue weighted by Gasteiger charge is -2.04. The Morgan fingerprint density at radius 2 is 1.88 bits per heavy atom. The van der Waals surface area contributed by atoms with E-state index >= 15 is 0 Å². The molecule has 0 aliphatic heterocycles. The Bertz CT molecular complexity index is 705. The van der Waals surface area contributed by atoms with Crippen molar-refractivity contribution in [2.45, 2.75) is 0 Å². The lowest BCUT2D eigenvalue weighted by Crippen LogP contribution is -1.86. The van der Waals surface area contributed by atoms with Gasteiger partial charge < -0.3 is 4.98 Å². The summed E-state index contributed by atoms with van der Waals surface area (Å²) in [6.45, 7) is 0. The fourth-order valence-electron chi connectivity index (χ4n) is 1.98. The highest BCUT2D eigenvalue weighted by molar-refractivity contribution is 5.89. The van der Waals surface area contributed by atoms with E-state index in [0.717, 1.165) is 22.2 Å². The molecule has 1 N–H and O–H groups in total. The Morgan fingerprint density at radius 3 is 2.65 bits per heavy atom. The summed E-state index contributed by atoms with van der Waals surface area (Å²) in [5.74, 6) is 0. The van der Waals surface area contributed by atoms with Gasteiger partial charge in [0.05, 0.1) is 17.4 Å². The highest BCUT2D eigenvalue weighted by atomic mass is 14.9. The molecule has 0 aliphatic rings. The average molecular weight is 219 g/mol. The van der Waals surface area contributed by atoms with E-state index in [0.29, 0.717) is 5.56 Å². The molecule has 0 atom stereocenters. The van der Waals surface area contributed by atoms with Crippen molar-refractivity contribution in [2.24, 2.45) is 0 Å². The number of hydrogen-bond donors (Lipinski definition) is 1. The first-order valence-electron chi connectivity index (χ1n) is 5.32. The van der Waals surface area contributed by atoms with Gasteiger partial charge in [-0.1, -0.05) is 36.4 Å². The van der Waals surface area contributed by atoms with Crippen LogP contribution in [0.15, 0.2) is 48.8 Å². The molecule has 0 unspecified atom stereocenters. The maximum absolute atomic E-state index is 9.29. The predicted molar refractivity (Wildman–Crippen MR) is 66.2 cm³/mol. The fourth-order valence-corrected chi connectivity index (χ4v) is 1.98. The third-order valence-electron chi connectivity index (χ3n) is 2.79. The van der Waals surface area contributed by atoms with Gasteiger partial charge in [0.2, 0.25) is 0 Å². The van der Waals surface area contributed by atoms with Gasteiger partial charge in [-0.15, -0.1) is 0 Å². The molecule has 0 radical (unpaired) electrons. The van der Waals surface area contributed by atoms with Crippen LogP contribution in [0.25, 0.3) is 22.2 Å². The van der Waals surface area contributed by atoms with Gasteiger partial charge in [-0.2, -0.15) is 5.26 Å². The number of H-pyrrole nitrogens is 1. The summed E-state index contributed by atoms with van der Waals surface area (Å²) in [5.41, 5.74) is 4.20. The molecule has 3 rings (SSSR count). The van der Waals surface area contributed by atoms with Gasteiger partial charge in [0.1, 0.15) is 11.6 Å². The number of rotatable bonds is 1. The van der Waals surface area contributed by atoms with Gasteiger partial charge in [-0.05, 0) is 11.6 Å². The van der Waals surface area contributed by atoms with E-state index in [1.165, 1.54) is 0 Å². The minimum Gasteiger partial charge on any atom is -0.345 e. The molecular formula is C14H9N3. The second kappa shape index (κ2) is 3.76. The maximum Gasteiger partial charge on any atom is 0.107 e. The van der Waals surface area contributed by atoms with Crippen LogP contribution in [0, 0.1) is 11.3 Å². The molecule has 3 heteroatoms. The quantitative estimate of drug-likeness (QED) is 0.683. The van der Waals surface area contributed by atoms with Crippen LogP contribution in [0.1, 0.15) is 5.56 Å². The molecule has 80 valence electrons. The molecule has 0 fully saturated rings. The van der Waals surface area contributed by atoms with Gasteiger partial charge in [0.25, 0.3) is 0 Å². The largest absolute Gasteiger partial charge is 0.345 e. The predicted octanol–water partition coefficient (Wildman–Crippen LogP) is 3.10. The molecule has 1 aromatic heterocycles. The molecular weight excluding hydrogens is 210 g/mol. The minimum atomic E-state index is 0.620. The van der Waals surface area contributed by atoms with E-state index in [2.05, 4.69) is 16.0 Å². The summed E-state index contributed by atoms with van der Waals surface area (Å²) in [6, 6.07) is 16.0. The van der Waals surface area contributed by atoms with E-state index in [1.807, 2.05) is 42.5 Å². The van der Waals surface area contributed by atoms with Crippen LogP contribution >= 0.6 is 0 Å². The minimum absolute atomic E-state index is 0.620. The molecule has 1 heterocycles. The third kappa shape index (κ3) is 1.47. The van der Waals surface area contributed by atoms with Crippen LogP contribution in [0.3, 0.4) is 0 Å². The van der Waals surface area contributed by atoms with Crippen molar-refractivity contribution >= 4 is 11.0 Å². The Morgan fingerprint density at radius 1 is 1.06 bits per heavy atom. The lowest BCUT2D eigenvalue weighted by atomic mass is 9.99. The highest BCUT2D eigenvalue weighted by Gasteiger charge is 2.10. The summed E-state index contributed by atoms with van der Waals surface area (Å²) in [7, 11) is 0. The smallest absolute Gasteiger partial charge is 0.107 e. The molecule has 0 aliphatic carbocycles. The van der Waals surface area contributed by atoms with Crippen LogP contribution in [-0.4, -0.2) is 9.97 Å². The Labute approximate surface area is 98.4 Å². The molecule has 0 bridgehead atoms. The molecule has 2 aromatic carbocycles. The van der Waals surface area contributed by atoms with Crippen molar-refractivity contribution in [1.29, 1.82) is 5.26 Å². The van der Waals surface area contributed by atoms with Gasteiger partial charge >= 0.3 is 0 Å². The number of aromatic nitrogens is 2. The second-order valence-electron chi connectivity index (χ2n) is 3.76. The summed E-state index contributed by atoms with van der Waals surface area (Å²) < 4.78 is 0. The van der Waals surface area contributed by atoms with E-state index in [1.54, 1.807) is 6.33 Å². The van der Waals surface area contributed by atoms with Crippen LogP contribution in [0.4, 0.5) is 0 Å². The molecule has 0 amide bonds. The van der Waals surface area contributed by atoms with E-state index in [-0.39, 0.29) is 0 Å². The van der Waals surface area contributed by atoms with Crippen molar-refractivity contribution < 1.29 is 0 Å². The maximum atomic E-state index is 9.29. The summed E-state index contributed by atoms with van der Waals surface area (Å²) >= 11 is 0. The number of aromatic amines is 1. The highest BCUT2D eigenvalue weighted by Crippen LogP contribution is 2.27. The summed E-state index contributed by atoms with van der Waals surface area (Å²) in [4.78, 5) is 7.21. The van der Waals surface area contributed by atoms with Gasteiger partial charge in [-0.25, -0.2) is 4.98 Å². The Balaban J connectivity index is 2.34. The molecule has 3 nitrogen and oxygen atoms in total. The molecule has 17 heavy (non-hydrogen) atoms. The van der Waals surface area contributed by atoms with E-state index < -0.39 is 0 Å². The number of nitrogens with zero attached hydrogens (tertiary/aromatic N) is 2. The number of benzene rings is 2. The zero-order valence-corrected chi connectivity index (χ0v) is 9.01. The van der Waals surface area contributed by atoms with Crippen molar-refractivity contribution in [1.82, 2.24) is 9.97 Å². The van der Waals surface area contributed by atoms with Crippen molar-refractivity contribution in [3.8, 4) is 17.2 Å². The van der Waals surface area contributed by atoms with E-state index in [4.69, 9.17) is 0 Å². The normalized spacial score (nSPS) is 10.3. The van der Waals surface area contributed by atoms with Gasteiger partial charge in [0, 0.05) is 5.56 Å². The zero-order valence-electron chi connectivity index (χ0n) is 9.01. The first-order valence-corrected chi connectivity index (χ1v) is 5.32. The Kier molecular flexibility index (Phi) is 2.13. The number of fused-ring (bicyclic) bond motifs is 1. The van der Waals surface area contributed by atoms with Crippen LogP contribution in [0.2, 0.25) is 0 Å². The van der Waals surface area contributed by atoms with E-state index in [9.17, 15) is 5.26 Å². The number of nitrogens with one attached hydrogen (secondary N) is 1. The topological polar surface area (TPSA) is 52.5 Å².